The van der Waals surface area contributed by atoms with Gasteiger partial charge in [0.2, 0.25) is 0 Å². The Balaban J connectivity index is 1.33. The van der Waals surface area contributed by atoms with E-state index in [0.717, 1.165) is 72.0 Å². The summed E-state index contributed by atoms with van der Waals surface area (Å²) in [6, 6.07) is 4.07. The van der Waals surface area contributed by atoms with Gasteiger partial charge in [0.15, 0.2) is 0 Å². The van der Waals surface area contributed by atoms with Crippen molar-refractivity contribution in [3.05, 3.63) is 52.4 Å². The summed E-state index contributed by atoms with van der Waals surface area (Å²) >= 11 is 0. The van der Waals surface area contributed by atoms with Crippen molar-refractivity contribution in [1.82, 2.24) is 15.0 Å². The first-order valence-electron chi connectivity index (χ1n) is 10.6. The van der Waals surface area contributed by atoms with Crippen LogP contribution >= 0.6 is 0 Å². The first-order valence-corrected chi connectivity index (χ1v) is 10.6. The second-order valence-electron chi connectivity index (χ2n) is 8.58. The third-order valence-electron chi connectivity index (χ3n) is 5.66. The summed E-state index contributed by atoms with van der Waals surface area (Å²) < 4.78 is 0. The topological polar surface area (TPSA) is 81.9 Å². The van der Waals surface area contributed by atoms with E-state index in [1.54, 1.807) is 0 Å². The monoisotopic (exact) mass is 407 g/mol. The molecule has 0 amide bonds. The van der Waals surface area contributed by atoms with E-state index in [4.69, 9.17) is 9.68 Å². The van der Waals surface area contributed by atoms with Crippen molar-refractivity contribution in [1.29, 1.82) is 0 Å². The number of nitrogens with zero attached hydrogens (tertiary/aromatic N) is 5. The molecule has 2 aliphatic rings. The molecule has 0 radical (unpaired) electrons. The van der Waals surface area contributed by atoms with Crippen LogP contribution in [0.3, 0.4) is 0 Å². The van der Waals surface area contributed by atoms with Crippen molar-refractivity contribution in [3.63, 3.8) is 0 Å². The van der Waals surface area contributed by atoms with Crippen LogP contribution < -0.4 is 0 Å². The second-order valence-corrected chi connectivity index (χ2v) is 8.58. The lowest BCUT2D eigenvalue weighted by atomic mass is 9.96. The van der Waals surface area contributed by atoms with Gasteiger partial charge in [-0.3, -0.25) is 4.98 Å². The molecule has 2 aromatic heterocycles. The fraction of sp³-hybridized carbons (Fsp3) is 0.522. The third kappa shape index (κ3) is 4.83. The zero-order valence-corrected chi connectivity index (χ0v) is 18.2. The second kappa shape index (κ2) is 8.50. The summed E-state index contributed by atoms with van der Waals surface area (Å²) in [5.74, 6) is 0.766. The maximum Gasteiger partial charge on any atom is 0.126 e. The van der Waals surface area contributed by atoms with Gasteiger partial charge in [0.1, 0.15) is 30.5 Å². The highest BCUT2D eigenvalue weighted by atomic mass is 16.6. The summed E-state index contributed by atoms with van der Waals surface area (Å²) in [4.78, 5) is 24.8. The Labute approximate surface area is 177 Å². The van der Waals surface area contributed by atoms with Crippen molar-refractivity contribution in [3.8, 4) is 0 Å². The average Bonchev–Trinajstić information content (AvgIpc) is 3.47. The number of pyridine rings is 1. The number of aryl methyl sites for hydroxylation is 4. The van der Waals surface area contributed by atoms with Crippen molar-refractivity contribution < 1.29 is 9.68 Å². The summed E-state index contributed by atoms with van der Waals surface area (Å²) in [6.45, 7) is 8.93. The Morgan fingerprint density at radius 2 is 1.87 bits per heavy atom. The van der Waals surface area contributed by atoms with Crippen LogP contribution in [-0.4, -0.2) is 39.6 Å². The maximum atomic E-state index is 5.76. The molecule has 0 N–H and O–H groups in total. The van der Waals surface area contributed by atoms with E-state index in [-0.39, 0.29) is 5.41 Å². The summed E-state index contributed by atoms with van der Waals surface area (Å²) in [5.41, 5.74) is 6.81. The number of rotatable bonds is 7. The minimum atomic E-state index is 0.00285. The maximum absolute atomic E-state index is 5.76. The standard InChI is InChI=1S/C23H29N5O2/c1-15-10-16(2)25-21(11-15)17(3)27-29-13-23(8-9-23)14-30-28-20-7-5-6-19-12-24-18(4)26-22(19)20/h10-12H,5-9,13-14H2,1-4H3/b27-17+,28-20+. The van der Waals surface area contributed by atoms with Crippen LogP contribution in [0.1, 0.15) is 66.6 Å². The zero-order chi connectivity index (χ0) is 21.1. The quantitative estimate of drug-likeness (QED) is 0.510. The predicted molar refractivity (Wildman–Crippen MR) is 116 cm³/mol. The third-order valence-corrected chi connectivity index (χ3v) is 5.66. The average molecular weight is 408 g/mol. The highest BCUT2D eigenvalue weighted by Crippen LogP contribution is 2.46. The van der Waals surface area contributed by atoms with Gasteiger partial charge in [-0.2, -0.15) is 0 Å². The highest BCUT2D eigenvalue weighted by molar-refractivity contribution is 6.00. The molecule has 158 valence electrons. The fourth-order valence-electron chi connectivity index (χ4n) is 3.68. The number of fused-ring (bicyclic) bond motifs is 1. The van der Waals surface area contributed by atoms with E-state index in [2.05, 4.69) is 32.2 Å². The van der Waals surface area contributed by atoms with E-state index in [1.165, 1.54) is 5.56 Å². The van der Waals surface area contributed by atoms with Gasteiger partial charge in [-0.15, -0.1) is 0 Å². The van der Waals surface area contributed by atoms with E-state index in [0.29, 0.717) is 13.2 Å². The first kappa shape index (κ1) is 20.4. The Hall–Kier alpha value is -2.83. The fourth-order valence-corrected chi connectivity index (χ4v) is 3.68. The van der Waals surface area contributed by atoms with E-state index in [9.17, 15) is 0 Å². The Kier molecular flexibility index (Phi) is 5.79. The molecular formula is C23H29N5O2. The first-order chi connectivity index (χ1) is 14.4. The SMILES string of the molecule is C/C(=N\OCC1(CO/N=C2\CCCc3cnc(C)nc32)CC1)c1cc(C)cc(C)n1. The van der Waals surface area contributed by atoms with Crippen molar-refractivity contribution >= 4 is 11.4 Å². The zero-order valence-electron chi connectivity index (χ0n) is 18.2. The molecule has 4 rings (SSSR count). The highest BCUT2D eigenvalue weighted by Gasteiger charge is 2.45. The molecule has 7 heteroatoms. The van der Waals surface area contributed by atoms with Crippen LogP contribution in [0.4, 0.5) is 0 Å². The van der Waals surface area contributed by atoms with Crippen LogP contribution in [-0.2, 0) is 16.1 Å². The van der Waals surface area contributed by atoms with Crippen LogP contribution in [0.15, 0.2) is 28.6 Å². The Morgan fingerprint density at radius 3 is 2.63 bits per heavy atom. The minimum absolute atomic E-state index is 0.00285. The molecule has 2 aromatic rings. The molecule has 7 nitrogen and oxygen atoms in total. The molecule has 2 aliphatic carbocycles. The number of oxime groups is 2. The van der Waals surface area contributed by atoms with Gasteiger partial charge in [0.25, 0.3) is 0 Å². The van der Waals surface area contributed by atoms with Gasteiger partial charge in [-0.05, 0) is 83.1 Å². The van der Waals surface area contributed by atoms with E-state index >= 15 is 0 Å². The lowest BCUT2D eigenvalue weighted by Gasteiger charge is -2.17. The molecular weight excluding hydrogens is 378 g/mol. The molecule has 0 bridgehead atoms. The van der Waals surface area contributed by atoms with Crippen LogP contribution in [0.25, 0.3) is 0 Å². The van der Waals surface area contributed by atoms with Gasteiger partial charge < -0.3 is 9.68 Å². The molecule has 0 saturated heterocycles. The van der Waals surface area contributed by atoms with E-state index < -0.39 is 0 Å². The van der Waals surface area contributed by atoms with Crippen molar-refractivity contribution in [2.24, 2.45) is 15.7 Å². The van der Waals surface area contributed by atoms with Crippen LogP contribution in [0.5, 0.6) is 0 Å². The Morgan fingerprint density at radius 1 is 1.07 bits per heavy atom. The lowest BCUT2D eigenvalue weighted by molar-refractivity contribution is 0.0318. The molecule has 1 saturated carbocycles. The lowest BCUT2D eigenvalue weighted by Crippen LogP contribution is -2.19. The molecule has 2 heterocycles. The van der Waals surface area contributed by atoms with Crippen molar-refractivity contribution in [2.45, 2.75) is 59.8 Å². The molecule has 0 spiro atoms. The summed E-state index contributed by atoms with van der Waals surface area (Å²) in [6.07, 6.45) is 6.97. The summed E-state index contributed by atoms with van der Waals surface area (Å²) in [7, 11) is 0. The molecule has 1 fully saturated rings. The normalized spacial score (nSPS) is 18.8. The molecule has 0 aromatic carbocycles. The van der Waals surface area contributed by atoms with Gasteiger partial charge in [0, 0.05) is 17.3 Å². The molecule has 0 atom stereocenters. The van der Waals surface area contributed by atoms with E-state index in [1.807, 2.05) is 39.1 Å². The van der Waals surface area contributed by atoms with Gasteiger partial charge in [-0.1, -0.05) is 10.3 Å². The number of aromatic nitrogens is 3. The summed E-state index contributed by atoms with van der Waals surface area (Å²) in [5, 5.41) is 8.71. The smallest absolute Gasteiger partial charge is 0.126 e. The van der Waals surface area contributed by atoms with Crippen LogP contribution in [0.2, 0.25) is 0 Å². The largest absolute Gasteiger partial charge is 0.395 e. The molecule has 0 unspecified atom stereocenters. The Bertz CT molecular complexity index is 975. The number of hydrogen-bond donors (Lipinski definition) is 0. The molecule has 30 heavy (non-hydrogen) atoms. The predicted octanol–water partition coefficient (Wildman–Crippen LogP) is 4.07. The number of hydrogen-bond acceptors (Lipinski definition) is 7. The van der Waals surface area contributed by atoms with Crippen LogP contribution in [0, 0.1) is 26.2 Å². The van der Waals surface area contributed by atoms with Crippen molar-refractivity contribution in [2.75, 3.05) is 13.2 Å². The van der Waals surface area contributed by atoms with Gasteiger partial charge in [0.05, 0.1) is 11.4 Å². The van der Waals surface area contributed by atoms with Gasteiger partial charge >= 0.3 is 0 Å². The minimum Gasteiger partial charge on any atom is -0.395 e. The van der Waals surface area contributed by atoms with Gasteiger partial charge in [-0.25, -0.2) is 9.97 Å². The molecule has 0 aliphatic heterocycles.